The maximum Gasteiger partial charge on any atom is 0.335 e. The standard InChI is InChI=1S/C15H21NO3/c1-16(9-6-12-7-10-19-11-8-12)14-4-2-13(3-5-14)15(17)18/h2-5,12H,6-11H2,1H3,(H,17,18). The first kappa shape index (κ1) is 13.9. The molecule has 1 aromatic carbocycles. The molecule has 1 aliphatic heterocycles. The predicted octanol–water partition coefficient (Wildman–Crippen LogP) is 2.64. The molecule has 104 valence electrons. The summed E-state index contributed by atoms with van der Waals surface area (Å²) in [5, 5.41) is 8.86. The molecule has 1 N–H and O–H groups in total. The van der Waals surface area contributed by atoms with Crippen molar-refractivity contribution < 1.29 is 14.6 Å². The minimum Gasteiger partial charge on any atom is -0.478 e. The first-order valence-corrected chi connectivity index (χ1v) is 6.79. The van der Waals surface area contributed by atoms with Gasteiger partial charge >= 0.3 is 5.97 Å². The smallest absolute Gasteiger partial charge is 0.335 e. The number of carbonyl (C=O) groups is 1. The van der Waals surface area contributed by atoms with Crippen molar-refractivity contribution in [3.05, 3.63) is 29.8 Å². The van der Waals surface area contributed by atoms with E-state index >= 15 is 0 Å². The summed E-state index contributed by atoms with van der Waals surface area (Å²) in [4.78, 5) is 13.0. The molecule has 0 atom stereocenters. The van der Waals surface area contributed by atoms with Crippen LogP contribution in [0.1, 0.15) is 29.6 Å². The lowest BCUT2D eigenvalue weighted by atomic mass is 9.96. The molecule has 4 nitrogen and oxygen atoms in total. The van der Waals surface area contributed by atoms with Crippen LogP contribution in [0.5, 0.6) is 0 Å². The lowest BCUT2D eigenvalue weighted by molar-refractivity contribution is 0.0645. The number of carboxylic acids is 1. The van der Waals surface area contributed by atoms with Gasteiger partial charge in [-0.15, -0.1) is 0 Å². The van der Waals surface area contributed by atoms with Crippen LogP contribution in [0.3, 0.4) is 0 Å². The zero-order valence-electron chi connectivity index (χ0n) is 11.3. The van der Waals surface area contributed by atoms with Gasteiger partial charge in [-0.1, -0.05) is 0 Å². The molecule has 0 aromatic heterocycles. The first-order valence-electron chi connectivity index (χ1n) is 6.79. The van der Waals surface area contributed by atoms with Gasteiger partial charge in [-0.3, -0.25) is 0 Å². The van der Waals surface area contributed by atoms with E-state index in [1.165, 1.54) is 6.42 Å². The van der Waals surface area contributed by atoms with Crippen molar-refractivity contribution >= 4 is 11.7 Å². The van der Waals surface area contributed by atoms with Crippen LogP contribution in [0.2, 0.25) is 0 Å². The van der Waals surface area contributed by atoms with E-state index in [-0.39, 0.29) is 0 Å². The number of hydrogen-bond donors (Lipinski definition) is 1. The molecule has 1 heterocycles. The van der Waals surface area contributed by atoms with Crippen LogP contribution >= 0.6 is 0 Å². The van der Waals surface area contributed by atoms with Crippen LogP contribution in [0.4, 0.5) is 5.69 Å². The molecule has 4 heteroatoms. The average molecular weight is 263 g/mol. The largest absolute Gasteiger partial charge is 0.478 e. The molecular weight excluding hydrogens is 242 g/mol. The summed E-state index contributed by atoms with van der Waals surface area (Å²) in [6, 6.07) is 7.05. The highest BCUT2D eigenvalue weighted by molar-refractivity contribution is 5.88. The zero-order chi connectivity index (χ0) is 13.7. The molecule has 0 unspecified atom stereocenters. The van der Waals surface area contributed by atoms with Crippen LogP contribution in [0.15, 0.2) is 24.3 Å². The zero-order valence-corrected chi connectivity index (χ0v) is 11.3. The van der Waals surface area contributed by atoms with Gasteiger partial charge in [-0.2, -0.15) is 0 Å². The van der Waals surface area contributed by atoms with Gasteiger partial charge in [0.25, 0.3) is 0 Å². The van der Waals surface area contributed by atoms with E-state index in [9.17, 15) is 4.79 Å². The van der Waals surface area contributed by atoms with Crippen LogP contribution in [-0.2, 0) is 4.74 Å². The molecule has 2 rings (SSSR count). The van der Waals surface area contributed by atoms with Gasteiger partial charge < -0.3 is 14.7 Å². The maximum absolute atomic E-state index is 10.8. The summed E-state index contributed by atoms with van der Waals surface area (Å²) in [5.41, 5.74) is 1.40. The van der Waals surface area contributed by atoms with Gasteiger partial charge in [-0.25, -0.2) is 4.79 Å². The number of hydrogen-bond acceptors (Lipinski definition) is 3. The summed E-state index contributed by atoms with van der Waals surface area (Å²) < 4.78 is 5.36. The van der Waals surface area contributed by atoms with Gasteiger partial charge in [0.15, 0.2) is 0 Å². The van der Waals surface area contributed by atoms with E-state index in [0.717, 1.165) is 44.2 Å². The third kappa shape index (κ3) is 3.96. The highest BCUT2D eigenvalue weighted by Gasteiger charge is 2.14. The van der Waals surface area contributed by atoms with Crippen molar-refractivity contribution in [2.24, 2.45) is 5.92 Å². The molecule has 0 radical (unpaired) electrons. The molecule has 0 bridgehead atoms. The van der Waals surface area contributed by atoms with Crippen molar-refractivity contribution in [3.8, 4) is 0 Å². The second kappa shape index (κ2) is 6.57. The molecule has 0 spiro atoms. The van der Waals surface area contributed by atoms with E-state index in [1.807, 2.05) is 12.1 Å². The Kier molecular flexibility index (Phi) is 4.80. The molecule has 0 saturated carbocycles. The number of ether oxygens (including phenoxy) is 1. The summed E-state index contributed by atoms with van der Waals surface area (Å²) in [5.74, 6) is -0.120. The van der Waals surface area contributed by atoms with Crippen molar-refractivity contribution in [1.29, 1.82) is 0 Å². The minimum atomic E-state index is -0.878. The Morgan fingerprint density at radius 1 is 1.32 bits per heavy atom. The molecule has 0 aliphatic carbocycles. The second-order valence-corrected chi connectivity index (χ2v) is 5.12. The topological polar surface area (TPSA) is 49.8 Å². The molecule has 1 saturated heterocycles. The lowest BCUT2D eigenvalue weighted by Crippen LogP contribution is -2.24. The number of nitrogens with zero attached hydrogens (tertiary/aromatic N) is 1. The summed E-state index contributed by atoms with van der Waals surface area (Å²) in [7, 11) is 2.05. The van der Waals surface area contributed by atoms with E-state index in [0.29, 0.717) is 5.56 Å². The third-order valence-electron chi connectivity index (χ3n) is 3.77. The molecular formula is C15H21NO3. The molecule has 1 aromatic rings. The third-order valence-corrected chi connectivity index (χ3v) is 3.77. The van der Waals surface area contributed by atoms with Gasteiger partial charge in [-0.05, 0) is 49.4 Å². The van der Waals surface area contributed by atoms with Gasteiger partial charge in [0.1, 0.15) is 0 Å². The Balaban J connectivity index is 1.84. The highest BCUT2D eigenvalue weighted by Crippen LogP contribution is 2.20. The first-order chi connectivity index (χ1) is 9.16. The Hall–Kier alpha value is -1.55. The summed E-state index contributed by atoms with van der Waals surface area (Å²) in [6.07, 6.45) is 3.48. The fourth-order valence-corrected chi connectivity index (χ4v) is 2.40. The second-order valence-electron chi connectivity index (χ2n) is 5.12. The Bertz CT molecular complexity index is 410. The normalized spacial score (nSPS) is 16.3. The Labute approximate surface area is 114 Å². The van der Waals surface area contributed by atoms with Crippen LogP contribution in [0.25, 0.3) is 0 Å². The van der Waals surface area contributed by atoms with E-state index in [1.54, 1.807) is 12.1 Å². The quantitative estimate of drug-likeness (QED) is 0.887. The molecule has 1 fully saturated rings. The van der Waals surface area contributed by atoms with Crippen molar-refractivity contribution in [2.45, 2.75) is 19.3 Å². The van der Waals surface area contributed by atoms with Gasteiger partial charge in [0.2, 0.25) is 0 Å². The number of anilines is 1. The molecule has 1 aliphatic rings. The number of aromatic carboxylic acids is 1. The molecule has 19 heavy (non-hydrogen) atoms. The maximum atomic E-state index is 10.8. The number of rotatable bonds is 5. The highest BCUT2D eigenvalue weighted by atomic mass is 16.5. The van der Waals surface area contributed by atoms with Crippen molar-refractivity contribution in [1.82, 2.24) is 0 Å². The Morgan fingerprint density at radius 3 is 2.53 bits per heavy atom. The lowest BCUT2D eigenvalue weighted by Gasteiger charge is -2.26. The predicted molar refractivity (Wildman–Crippen MR) is 74.8 cm³/mol. The monoisotopic (exact) mass is 263 g/mol. The van der Waals surface area contributed by atoms with Crippen molar-refractivity contribution in [2.75, 3.05) is 31.7 Å². The molecule has 0 amide bonds. The fourth-order valence-electron chi connectivity index (χ4n) is 2.40. The van der Waals surface area contributed by atoms with Gasteiger partial charge in [0.05, 0.1) is 5.56 Å². The van der Waals surface area contributed by atoms with Gasteiger partial charge in [0, 0.05) is 32.5 Å². The van der Waals surface area contributed by atoms with E-state index in [2.05, 4.69) is 11.9 Å². The number of carboxylic acid groups (broad SMARTS) is 1. The summed E-state index contributed by atoms with van der Waals surface area (Å²) in [6.45, 7) is 2.78. The van der Waals surface area contributed by atoms with Crippen LogP contribution in [0, 0.1) is 5.92 Å². The fraction of sp³-hybridized carbons (Fsp3) is 0.533. The van der Waals surface area contributed by atoms with Crippen LogP contribution in [-0.4, -0.2) is 37.9 Å². The number of benzene rings is 1. The minimum absolute atomic E-state index is 0.335. The van der Waals surface area contributed by atoms with E-state index < -0.39 is 5.97 Å². The summed E-state index contributed by atoms with van der Waals surface area (Å²) >= 11 is 0. The average Bonchev–Trinajstić information content (AvgIpc) is 2.46. The SMILES string of the molecule is CN(CCC1CCOCC1)c1ccc(C(=O)O)cc1. The van der Waals surface area contributed by atoms with Crippen LogP contribution < -0.4 is 4.90 Å². The van der Waals surface area contributed by atoms with E-state index in [4.69, 9.17) is 9.84 Å². The van der Waals surface area contributed by atoms with Crippen molar-refractivity contribution in [3.63, 3.8) is 0 Å². The Morgan fingerprint density at radius 2 is 1.95 bits per heavy atom.